The maximum Gasteiger partial charge on any atom is 0.258 e. The van der Waals surface area contributed by atoms with Crippen LogP contribution in [0.3, 0.4) is 0 Å². The van der Waals surface area contributed by atoms with Crippen LogP contribution in [0.15, 0.2) is 42.5 Å². The van der Waals surface area contributed by atoms with Gasteiger partial charge in [-0.3, -0.25) is 9.10 Å². The topological polar surface area (TPSA) is 57.7 Å². The zero-order valence-electron chi connectivity index (χ0n) is 15.5. The molecule has 2 aliphatic rings. The van der Waals surface area contributed by atoms with Crippen molar-refractivity contribution in [3.05, 3.63) is 59.2 Å². The van der Waals surface area contributed by atoms with Crippen LogP contribution in [0, 0.1) is 6.92 Å². The second kappa shape index (κ2) is 7.00. The Hall–Kier alpha value is -2.34. The predicted molar refractivity (Wildman–Crippen MR) is 108 cm³/mol. The quantitative estimate of drug-likeness (QED) is 0.796. The number of sulfonamides is 1. The van der Waals surface area contributed by atoms with Crippen molar-refractivity contribution < 1.29 is 13.2 Å². The van der Waals surface area contributed by atoms with E-state index in [1.165, 1.54) is 9.87 Å². The van der Waals surface area contributed by atoms with Crippen LogP contribution in [0.5, 0.6) is 0 Å². The fourth-order valence-electron chi connectivity index (χ4n) is 3.97. The van der Waals surface area contributed by atoms with E-state index in [0.29, 0.717) is 30.8 Å². The molecule has 1 saturated heterocycles. The van der Waals surface area contributed by atoms with Crippen molar-refractivity contribution in [3.8, 4) is 0 Å². The number of fused-ring (bicyclic) bond motifs is 1. The van der Waals surface area contributed by atoms with E-state index < -0.39 is 10.0 Å². The van der Waals surface area contributed by atoms with Gasteiger partial charge in [-0.1, -0.05) is 24.3 Å². The molecule has 0 aliphatic carbocycles. The van der Waals surface area contributed by atoms with Gasteiger partial charge in [0.15, 0.2) is 0 Å². The van der Waals surface area contributed by atoms with Crippen molar-refractivity contribution in [3.63, 3.8) is 0 Å². The highest BCUT2D eigenvalue weighted by Crippen LogP contribution is 2.31. The summed E-state index contributed by atoms with van der Waals surface area (Å²) in [7, 11) is -3.31. The Balaban J connectivity index is 1.71. The molecule has 4 rings (SSSR count). The number of para-hydroxylation sites is 1. The maximum absolute atomic E-state index is 13.2. The van der Waals surface area contributed by atoms with Crippen molar-refractivity contribution in [2.24, 2.45) is 0 Å². The number of rotatable bonds is 2. The molecule has 142 valence electrons. The van der Waals surface area contributed by atoms with E-state index in [9.17, 15) is 13.2 Å². The van der Waals surface area contributed by atoms with Gasteiger partial charge in [0.2, 0.25) is 10.0 Å². The number of hydrogen-bond donors (Lipinski definition) is 0. The molecule has 2 aromatic carbocycles. The average molecular weight is 385 g/mol. The van der Waals surface area contributed by atoms with Gasteiger partial charge in [0.25, 0.3) is 5.91 Å². The van der Waals surface area contributed by atoms with Crippen molar-refractivity contribution in [1.82, 2.24) is 0 Å². The monoisotopic (exact) mass is 384 g/mol. The van der Waals surface area contributed by atoms with Gasteiger partial charge in [-0.05, 0) is 61.9 Å². The molecule has 27 heavy (non-hydrogen) atoms. The van der Waals surface area contributed by atoms with Crippen molar-refractivity contribution in [2.45, 2.75) is 32.6 Å². The minimum Gasteiger partial charge on any atom is -0.308 e. The van der Waals surface area contributed by atoms with Gasteiger partial charge in [0, 0.05) is 24.3 Å². The lowest BCUT2D eigenvalue weighted by molar-refractivity contribution is 0.0985. The van der Waals surface area contributed by atoms with E-state index in [1.54, 1.807) is 12.1 Å². The van der Waals surface area contributed by atoms with E-state index in [2.05, 4.69) is 6.07 Å². The first-order valence-electron chi connectivity index (χ1n) is 9.48. The molecule has 0 unspecified atom stereocenters. The smallest absolute Gasteiger partial charge is 0.258 e. The molecule has 0 N–H and O–H groups in total. The average Bonchev–Trinajstić information content (AvgIpc) is 2.67. The molecule has 6 heteroatoms. The summed E-state index contributed by atoms with van der Waals surface area (Å²) in [6, 6.07) is 13.4. The van der Waals surface area contributed by atoms with Crippen LogP contribution in [0.25, 0.3) is 0 Å². The van der Waals surface area contributed by atoms with Gasteiger partial charge < -0.3 is 4.90 Å². The second-order valence-electron chi connectivity index (χ2n) is 7.29. The van der Waals surface area contributed by atoms with E-state index in [0.717, 1.165) is 30.5 Å². The molecular weight excluding hydrogens is 360 g/mol. The fourth-order valence-corrected chi connectivity index (χ4v) is 5.66. The lowest BCUT2D eigenvalue weighted by Gasteiger charge is -2.31. The van der Waals surface area contributed by atoms with Gasteiger partial charge in [0.05, 0.1) is 11.4 Å². The molecule has 1 fully saturated rings. The zero-order valence-corrected chi connectivity index (χ0v) is 16.3. The van der Waals surface area contributed by atoms with Crippen molar-refractivity contribution in [2.75, 3.05) is 28.0 Å². The van der Waals surface area contributed by atoms with Crippen LogP contribution in [0.4, 0.5) is 11.4 Å². The summed E-state index contributed by atoms with van der Waals surface area (Å²) in [6.07, 6.45) is 3.45. The van der Waals surface area contributed by atoms with E-state index in [4.69, 9.17) is 0 Å². The van der Waals surface area contributed by atoms with Crippen LogP contribution in [0.2, 0.25) is 0 Å². The maximum atomic E-state index is 13.2. The number of nitrogens with zero attached hydrogens (tertiary/aromatic N) is 2. The molecule has 0 saturated carbocycles. The summed E-state index contributed by atoms with van der Waals surface area (Å²) < 4.78 is 26.5. The predicted octanol–water partition coefficient (Wildman–Crippen LogP) is 3.52. The van der Waals surface area contributed by atoms with Crippen molar-refractivity contribution >= 4 is 27.3 Å². The highest BCUT2D eigenvalue weighted by Gasteiger charge is 2.29. The first-order valence-corrected chi connectivity index (χ1v) is 11.1. The number of anilines is 2. The Morgan fingerprint density at radius 3 is 2.59 bits per heavy atom. The first kappa shape index (κ1) is 18.0. The Morgan fingerprint density at radius 2 is 1.78 bits per heavy atom. The largest absolute Gasteiger partial charge is 0.308 e. The van der Waals surface area contributed by atoms with E-state index in [1.807, 2.05) is 36.1 Å². The van der Waals surface area contributed by atoms with Crippen LogP contribution >= 0.6 is 0 Å². The highest BCUT2D eigenvalue weighted by molar-refractivity contribution is 7.92. The van der Waals surface area contributed by atoms with E-state index >= 15 is 0 Å². The minimum absolute atomic E-state index is 0.0715. The standard InChI is InChI=1S/C21H24N2O3S/c1-16-10-11-18(15-20(16)23-13-4-5-14-27(23,25)26)21(24)22-12-6-8-17-7-2-3-9-19(17)22/h2-3,7,9-11,15H,4-6,8,12-14H2,1H3. The third kappa shape index (κ3) is 3.34. The van der Waals surface area contributed by atoms with Gasteiger partial charge in [-0.25, -0.2) is 8.42 Å². The molecule has 2 aromatic rings. The zero-order chi connectivity index (χ0) is 19.0. The van der Waals surface area contributed by atoms with Crippen LogP contribution < -0.4 is 9.21 Å². The van der Waals surface area contributed by atoms with Crippen molar-refractivity contribution in [1.29, 1.82) is 0 Å². The summed E-state index contributed by atoms with van der Waals surface area (Å²) in [5, 5.41) is 0. The number of amides is 1. The van der Waals surface area contributed by atoms with Crippen LogP contribution in [-0.4, -0.2) is 33.2 Å². The van der Waals surface area contributed by atoms with Gasteiger partial charge in [-0.2, -0.15) is 0 Å². The lowest BCUT2D eigenvalue weighted by atomic mass is 10.0. The summed E-state index contributed by atoms with van der Waals surface area (Å²) in [5.41, 5.74) is 4.18. The van der Waals surface area contributed by atoms with Gasteiger partial charge >= 0.3 is 0 Å². The third-order valence-electron chi connectivity index (χ3n) is 5.43. The molecule has 0 spiro atoms. The normalized spacial score (nSPS) is 18.9. The molecular formula is C21H24N2O3S. The highest BCUT2D eigenvalue weighted by atomic mass is 32.2. The number of benzene rings is 2. The number of carbonyl (C=O) groups is 1. The second-order valence-corrected chi connectivity index (χ2v) is 9.30. The molecule has 0 aromatic heterocycles. The molecule has 2 aliphatic heterocycles. The summed E-state index contributed by atoms with van der Waals surface area (Å²) in [5.74, 6) is 0.0993. The van der Waals surface area contributed by atoms with Crippen LogP contribution in [-0.2, 0) is 16.4 Å². The Kier molecular flexibility index (Phi) is 4.68. The SMILES string of the molecule is Cc1ccc(C(=O)N2CCCc3ccccc32)cc1N1CCCCS1(=O)=O. The minimum atomic E-state index is -3.31. The summed E-state index contributed by atoms with van der Waals surface area (Å²) in [6.45, 7) is 3.05. The number of hydrogen-bond acceptors (Lipinski definition) is 3. The molecule has 2 heterocycles. The number of carbonyl (C=O) groups excluding carboxylic acids is 1. The molecule has 5 nitrogen and oxygen atoms in total. The summed E-state index contributed by atoms with van der Waals surface area (Å²) in [4.78, 5) is 15.0. The Morgan fingerprint density at radius 1 is 0.963 bits per heavy atom. The molecule has 0 radical (unpaired) electrons. The molecule has 1 amide bonds. The Bertz CT molecular complexity index is 985. The molecule has 0 bridgehead atoms. The van der Waals surface area contributed by atoms with Crippen LogP contribution in [0.1, 0.15) is 40.7 Å². The molecule has 0 atom stereocenters. The lowest BCUT2D eigenvalue weighted by Crippen LogP contribution is -2.39. The van der Waals surface area contributed by atoms with Gasteiger partial charge in [-0.15, -0.1) is 0 Å². The summed E-state index contributed by atoms with van der Waals surface area (Å²) >= 11 is 0. The Labute approximate surface area is 160 Å². The van der Waals surface area contributed by atoms with E-state index in [-0.39, 0.29) is 11.7 Å². The van der Waals surface area contributed by atoms with Gasteiger partial charge in [0.1, 0.15) is 0 Å². The first-order chi connectivity index (χ1) is 13.0. The number of aryl methyl sites for hydroxylation is 2. The third-order valence-corrected chi connectivity index (χ3v) is 7.28. The fraction of sp³-hybridized carbons (Fsp3) is 0.381.